The van der Waals surface area contributed by atoms with Crippen molar-refractivity contribution in [3.8, 4) is 0 Å². The molecule has 1 aromatic carbocycles. The molecule has 31 heavy (non-hydrogen) atoms. The van der Waals surface area contributed by atoms with Crippen LogP contribution in [0.5, 0.6) is 0 Å². The molecule has 2 aromatic rings. The Morgan fingerprint density at radius 1 is 0.935 bits per heavy atom. The van der Waals surface area contributed by atoms with Crippen molar-refractivity contribution >= 4 is 11.8 Å². The summed E-state index contributed by atoms with van der Waals surface area (Å²) in [6.45, 7) is 5.39. The Balaban J connectivity index is 1.23. The Hall–Kier alpha value is -2.69. The van der Waals surface area contributed by atoms with Crippen LogP contribution in [0.2, 0.25) is 0 Å². The van der Waals surface area contributed by atoms with E-state index in [4.69, 9.17) is 0 Å². The van der Waals surface area contributed by atoms with Crippen LogP contribution in [0.25, 0.3) is 0 Å². The molecule has 0 spiro atoms. The van der Waals surface area contributed by atoms with Crippen LogP contribution in [0.3, 0.4) is 0 Å². The van der Waals surface area contributed by atoms with E-state index in [1.165, 1.54) is 11.1 Å². The lowest BCUT2D eigenvalue weighted by Crippen LogP contribution is -2.39. The van der Waals surface area contributed by atoms with E-state index in [0.29, 0.717) is 18.2 Å². The molecule has 164 valence electrons. The molecule has 2 fully saturated rings. The van der Waals surface area contributed by atoms with Crippen molar-refractivity contribution in [3.05, 3.63) is 65.0 Å². The summed E-state index contributed by atoms with van der Waals surface area (Å²) in [5.41, 5.74) is 4.11. The molecule has 3 heterocycles. The molecule has 2 saturated heterocycles. The highest BCUT2D eigenvalue weighted by Gasteiger charge is 2.25. The smallest absolute Gasteiger partial charge is 0.255 e. The number of likely N-dealkylation sites (tertiary alicyclic amines) is 2. The first kappa shape index (κ1) is 21.5. The van der Waals surface area contributed by atoms with Crippen molar-refractivity contribution in [1.82, 2.24) is 14.8 Å². The first-order chi connectivity index (χ1) is 15.1. The topological polar surface area (TPSA) is 53.5 Å². The average molecular weight is 420 g/mol. The summed E-state index contributed by atoms with van der Waals surface area (Å²) in [6.07, 6.45) is 8.60. The van der Waals surface area contributed by atoms with E-state index in [9.17, 15) is 9.59 Å². The van der Waals surface area contributed by atoms with Gasteiger partial charge in [0.15, 0.2) is 0 Å². The van der Waals surface area contributed by atoms with Crippen LogP contribution in [-0.4, -0.2) is 52.8 Å². The van der Waals surface area contributed by atoms with Crippen LogP contribution in [0.15, 0.2) is 42.6 Å². The average Bonchev–Trinajstić information content (AvgIpc) is 3.34. The zero-order valence-electron chi connectivity index (χ0n) is 18.6. The number of benzene rings is 1. The predicted octanol–water partition coefficient (Wildman–Crippen LogP) is 4.04. The molecule has 0 atom stereocenters. The number of aromatic nitrogens is 1. The van der Waals surface area contributed by atoms with Gasteiger partial charge in [-0.1, -0.05) is 24.3 Å². The zero-order chi connectivity index (χ0) is 21.6. The Morgan fingerprint density at radius 3 is 2.29 bits per heavy atom. The molecular weight excluding hydrogens is 386 g/mol. The lowest BCUT2D eigenvalue weighted by atomic mass is 9.89. The number of aryl methyl sites for hydroxylation is 2. The highest BCUT2D eigenvalue weighted by Crippen LogP contribution is 2.24. The number of hydrogen-bond donors (Lipinski definition) is 0. The van der Waals surface area contributed by atoms with Crippen molar-refractivity contribution in [2.45, 2.75) is 51.9 Å². The van der Waals surface area contributed by atoms with E-state index in [1.54, 1.807) is 6.20 Å². The van der Waals surface area contributed by atoms with Gasteiger partial charge in [-0.2, -0.15) is 0 Å². The van der Waals surface area contributed by atoms with Crippen molar-refractivity contribution in [1.29, 1.82) is 0 Å². The van der Waals surface area contributed by atoms with Crippen LogP contribution in [0.1, 0.15) is 59.3 Å². The van der Waals surface area contributed by atoms with Crippen molar-refractivity contribution in [2.24, 2.45) is 5.92 Å². The van der Waals surface area contributed by atoms with Crippen LogP contribution in [-0.2, 0) is 17.6 Å². The number of amides is 2. The van der Waals surface area contributed by atoms with Crippen molar-refractivity contribution in [2.75, 3.05) is 26.2 Å². The van der Waals surface area contributed by atoms with Gasteiger partial charge in [0.2, 0.25) is 5.91 Å². The summed E-state index contributed by atoms with van der Waals surface area (Å²) in [6, 6.07) is 12.5. The molecule has 0 saturated carbocycles. The van der Waals surface area contributed by atoms with Gasteiger partial charge in [-0.3, -0.25) is 14.6 Å². The van der Waals surface area contributed by atoms with Gasteiger partial charge in [0, 0.05) is 44.5 Å². The first-order valence-electron chi connectivity index (χ1n) is 11.7. The Labute approximate surface area is 185 Å². The van der Waals surface area contributed by atoms with Gasteiger partial charge in [0.25, 0.3) is 5.91 Å². The van der Waals surface area contributed by atoms with Crippen LogP contribution >= 0.6 is 0 Å². The predicted molar refractivity (Wildman–Crippen MR) is 122 cm³/mol. The number of piperidine rings is 1. The van der Waals surface area contributed by atoms with Gasteiger partial charge in [-0.25, -0.2) is 0 Å². The van der Waals surface area contributed by atoms with E-state index in [1.807, 2.05) is 28.9 Å². The number of rotatable bonds is 6. The van der Waals surface area contributed by atoms with E-state index >= 15 is 0 Å². The maximum atomic E-state index is 12.8. The third-order valence-corrected chi connectivity index (χ3v) is 6.77. The van der Waals surface area contributed by atoms with Gasteiger partial charge in [-0.15, -0.1) is 0 Å². The van der Waals surface area contributed by atoms with Crippen LogP contribution < -0.4 is 0 Å². The van der Waals surface area contributed by atoms with Crippen LogP contribution in [0, 0.1) is 12.8 Å². The standard InChI is InChI=1S/C26H33N3O2/c1-20-24(5-4-14-27-20)26(31)29-17-12-23(13-18-29)19-22-8-6-21(7-9-22)10-11-25(30)28-15-2-3-16-28/h4-9,14,23H,2-3,10-13,15-19H2,1H3. The SMILES string of the molecule is Cc1ncccc1C(=O)N1CCC(Cc2ccc(CCC(=O)N3CCCC3)cc2)CC1. The lowest BCUT2D eigenvalue weighted by molar-refractivity contribution is -0.130. The molecule has 0 bridgehead atoms. The fraction of sp³-hybridized carbons (Fsp3) is 0.500. The third-order valence-electron chi connectivity index (χ3n) is 6.77. The minimum Gasteiger partial charge on any atom is -0.343 e. The summed E-state index contributed by atoms with van der Waals surface area (Å²) in [4.78, 5) is 33.2. The van der Waals surface area contributed by atoms with E-state index in [-0.39, 0.29) is 5.91 Å². The number of carbonyl (C=O) groups is 2. The molecule has 1 aromatic heterocycles. The van der Waals surface area contributed by atoms with Gasteiger partial charge < -0.3 is 9.80 Å². The molecular formula is C26H33N3O2. The second kappa shape index (κ2) is 10.1. The summed E-state index contributed by atoms with van der Waals surface area (Å²) in [5, 5.41) is 0. The molecule has 0 unspecified atom stereocenters. The minimum absolute atomic E-state index is 0.108. The van der Waals surface area contributed by atoms with Gasteiger partial charge in [0.05, 0.1) is 5.56 Å². The number of pyridine rings is 1. The molecule has 2 amide bonds. The normalized spacial score (nSPS) is 17.2. The monoisotopic (exact) mass is 419 g/mol. The zero-order valence-corrected chi connectivity index (χ0v) is 18.6. The number of carbonyl (C=O) groups excluding carboxylic acids is 2. The molecule has 5 heteroatoms. The fourth-order valence-corrected chi connectivity index (χ4v) is 4.77. The summed E-state index contributed by atoms with van der Waals surface area (Å²) in [7, 11) is 0. The van der Waals surface area contributed by atoms with Crippen molar-refractivity contribution in [3.63, 3.8) is 0 Å². The minimum atomic E-state index is 0.108. The molecule has 0 aliphatic carbocycles. The second-order valence-electron chi connectivity index (χ2n) is 8.98. The van der Waals surface area contributed by atoms with E-state index in [2.05, 4.69) is 29.2 Å². The maximum Gasteiger partial charge on any atom is 0.255 e. The van der Waals surface area contributed by atoms with Crippen LogP contribution in [0.4, 0.5) is 0 Å². The highest BCUT2D eigenvalue weighted by molar-refractivity contribution is 5.95. The Morgan fingerprint density at radius 2 is 1.61 bits per heavy atom. The molecule has 4 rings (SSSR count). The summed E-state index contributed by atoms with van der Waals surface area (Å²) >= 11 is 0. The molecule has 0 N–H and O–H groups in total. The number of nitrogens with zero attached hydrogens (tertiary/aromatic N) is 3. The van der Waals surface area contributed by atoms with E-state index < -0.39 is 0 Å². The fourth-order valence-electron chi connectivity index (χ4n) is 4.77. The quantitative estimate of drug-likeness (QED) is 0.710. The molecule has 5 nitrogen and oxygen atoms in total. The summed E-state index contributed by atoms with van der Waals surface area (Å²) < 4.78 is 0. The van der Waals surface area contributed by atoms with Gasteiger partial charge in [0.1, 0.15) is 0 Å². The molecule has 0 radical (unpaired) electrons. The van der Waals surface area contributed by atoms with Crippen molar-refractivity contribution < 1.29 is 9.59 Å². The van der Waals surface area contributed by atoms with Gasteiger partial charge >= 0.3 is 0 Å². The van der Waals surface area contributed by atoms with Gasteiger partial charge in [-0.05, 0) is 74.6 Å². The molecule has 2 aliphatic heterocycles. The lowest BCUT2D eigenvalue weighted by Gasteiger charge is -2.32. The Kier molecular flexibility index (Phi) is 7.00. The second-order valence-corrected chi connectivity index (χ2v) is 8.98. The summed E-state index contributed by atoms with van der Waals surface area (Å²) in [5.74, 6) is 1.02. The first-order valence-corrected chi connectivity index (χ1v) is 11.7. The molecule has 2 aliphatic rings. The highest BCUT2D eigenvalue weighted by atomic mass is 16.2. The maximum absolute atomic E-state index is 12.8. The van der Waals surface area contributed by atoms with E-state index in [0.717, 1.165) is 76.0 Å². The Bertz CT molecular complexity index is 895. The number of hydrogen-bond acceptors (Lipinski definition) is 3. The largest absolute Gasteiger partial charge is 0.343 e. The third kappa shape index (κ3) is 5.52.